The first-order valence-electron chi connectivity index (χ1n) is 3.61. The number of aldehydes is 1. The van der Waals surface area contributed by atoms with E-state index in [9.17, 15) is 4.79 Å². The standard InChI is InChI=1S/C9H14O/c1-4-6-8(3)9(5-2)7-10/h7-8H,2,4,6H2,1,3H3. The Labute approximate surface area is 62.4 Å². The van der Waals surface area contributed by atoms with Crippen LogP contribution in [-0.4, -0.2) is 6.29 Å². The summed E-state index contributed by atoms with van der Waals surface area (Å²) in [6, 6.07) is 0. The normalized spacial score (nSPS) is 11.8. The topological polar surface area (TPSA) is 17.1 Å². The largest absolute Gasteiger partial charge is 0.298 e. The Morgan fingerprint density at radius 3 is 2.70 bits per heavy atom. The van der Waals surface area contributed by atoms with Crippen LogP contribution in [0.15, 0.2) is 17.9 Å². The molecule has 0 amide bonds. The third-order valence-electron chi connectivity index (χ3n) is 1.58. The number of hydrogen-bond acceptors (Lipinski definition) is 1. The molecule has 0 fully saturated rings. The average Bonchev–Trinajstić information content (AvgIpc) is 1.91. The number of carbonyl (C=O) groups is 1. The molecule has 0 bridgehead atoms. The van der Waals surface area contributed by atoms with Crippen molar-refractivity contribution >= 4 is 6.29 Å². The van der Waals surface area contributed by atoms with Gasteiger partial charge in [-0.25, -0.2) is 0 Å². The Kier molecular flexibility index (Phi) is 4.61. The first-order valence-corrected chi connectivity index (χ1v) is 3.61. The SMILES string of the molecule is C=C=C(C=O)C(C)CCC. The van der Waals surface area contributed by atoms with Crippen LogP contribution in [0.25, 0.3) is 0 Å². The summed E-state index contributed by atoms with van der Waals surface area (Å²) in [5.74, 6) is 0.319. The lowest BCUT2D eigenvalue weighted by Crippen LogP contribution is -1.98. The summed E-state index contributed by atoms with van der Waals surface area (Å²) in [5, 5.41) is 0. The van der Waals surface area contributed by atoms with E-state index in [2.05, 4.69) is 19.2 Å². The highest BCUT2D eigenvalue weighted by molar-refractivity contribution is 5.73. The molecule has 0 saturated carbocycles. The number of allylic oxidation sites excluding steroid dienone is 1. The molecule has 0 radical (unpaired) electrons. The van der Waals surface area contributed by atoms with Gasteiger partial charge in [0.1, 0.15) is 0 Å². The minimum absolute atomic E-state index is 0.319. The monoisotopic (exact) mass is 138 g/mol. The fraction of sp³-hybridized carbons (Fsp3) is 0.556. The van der Waals surface area contributed by atoms with E-state index in [4.69, 9.17) is 0 Å². The molecule has 1 heteroatoms. The van der Waals surface area contributed by atoms with Crippen LogP contribution >= 0.6 is 0 Å². The fourth-order valence-electron chi connectivity index (χ4n) is 0.921. The molecule has 0 aliphatic heterocycles. The summed E-state index contributed by atoms with van der Waals surface area (Å²) in [5.41, 5.74) is 3.33. The maximum Gasteiger partial charge on any atom is 0.153 e. The molecule has 1 nitrogen and oxygen atoms in total. The third kappa shape index (κ3) is 2.65. The van der Waals surface area contributed by atoms with Crippen molar-refractivity contribution in [3.05, 3.63) is 17.9 Å². The van der Waals surface area contributed by atoms with Gasteiger partial charge in [-0.15, -0.1) is 5.73 Å². The zero-order chi connectivity index (χ0) is 7.98. The van der Waals surface area contributed by atoms with Gasteiger partial charge in [0.2, 0.25) is 0 Å². The van der Waals surface area contributed by atoms with E-state index in [1.807, 2.05) is 6.92 Å². The van der Waals surface area contributed by atoms with Gasteiger partial charge >= 0.3 is 0 Å². The predicted octanol–water partition coefficient (Wildman–Crippen LogP) is 2.33. The molecule has 1 atom stereocenters. The lowest BCUT2D eigenvalue weighted by atomic mass is 9.98. The van der Waals surface area contributed by atoms with Crippen LogP contribution in [0.3, 0.4) is 0 Å². The van der Waals surface area contributed by atoms with Crippen molar-refractivity contribution in [3.8, 4) is 0 Å². The van der Waals surface area contributed by atoms with Gasteiger partial charge in [-0.2, -0.15) is 0 Å². The van der Waals surface area contributed by atoms with E-state index >= 15 is 0 Å². The van der Waals surface area contributed by atoms with E-state index in [1.165, 1.54) is 0 Å². The first kappa shape index (κ1) is 9.19. The fourth-order valence-corrected chi connectivity index (χ4v) is 0.921. The van der Waals surface area contributed by atoms with Crippen LogP contribution in [0.2, 0.25) is 0 Å². The Morgan fingerprint density at radius 1 is 1.80 bits per heavy atom. The van der Waals surface area contributed by atoms with Crippen molar-refractivity contribution < 1.29 is 4.79 Å². The number of carbonyl (C=O) groups excluding carboxylic acids is 1. The first-order chi connectivity index (χ1) is 4.76. The molecule has 0 aromatic heterocycles. The smallest absolute Gasteiger partial charge is 0.153 e. The van der Waals surface area contributed by atoms with Crippen LogP contribution in [-0.2, 0) is 4.79 Å². The minimum Gasteiger partial charge on any atom is -0.298 e. The second-order valence-corrected chi connectivity index (χ2v) is 2.44. The summed E-state index contributed by atoms with van der Waals surface area (Å²) in [4.78, 5) is 10.3. The van der Waals surface area contributed by atoms with Crippen LogP contribution in [0.5, 0.6) is 0 Å². The van der Waals surface area contributed by atoms with Crippen molar-refractivity contribution in [1.29, 1.82) is 0 Å². The van der Waals surface area contributed by atoms with E-state index in [1.54, 1.807) is 0 Å². The second-order valence-electron chi connectivity index (χ2n) is 2.44. The highest BCUT2D eigenvalue weighted by Gasteiger charge is 2.04. The van der Waals surface area contributed by atoms with E-state index in [-0.39, 0.29) is 0 Å². The lowest BCUT2D eigenvalue weighted by Gasteiger charge is -2.05. The van der Waals surface area contributed by atoms with Crippen molar-refractivity contribution in [1.82, 2.24) is 0 Å². The zero-order valence-electron chi connectivity index (χ0n) is 6.68. The molecule has 0 aliphatic carbocycles. The molecule has 0 aliphatic rings. The molecule has 0 N–H and O–H groups in total. The van der Waals surface area contributed by atoms with E-state index in [0.29, 0.717) is 11.5 Å². The van der Waals surface area contributed by atoms with Gasteiger partial charge in [0, 0.05) is 5.57 Å². The number of rotatable bonds is 4. The van der Waals surface area contributed by atoms with Gasteiger partial charge in [0.25, 0.3) is 0 Å². The Morgan fingerprint density at radius 2 is 2.40 bits per heavy atom. The van der Waals surface area contributed by atoms with Crippen molar-refractivity contribution in [3.63, 3.8) is 0 Å². The molecular weight excluding hydrogens is 124 g/mol. The molecule has 56 valence electrons. The zero-order valence-corrected chi connectivity index (χ0v) is 6.68. The molecule has 0 aromatic rings. The molecule has 1 unspecified atom stereocenters. The van der Waals surface area contributed by atoms with E-state index < -0.39 is 0 Å². The minimum atomic E-state index is 0.319. The molecule has 0 spiro atoms. The van der Waals surface area contributed by atoms with Gasteiger partial charge in [0.05, 0.1) is 0 Å². The Balaban J connectivity index is 4.02. The lowest BCUT2D eigenvalue weighted by molar-refractivity contribution is -0.105. The maximum absolute atomic E-state index is 10.3. The highest BCUT2D eigenvalue weighted by atomic mass is 16.1. The van der Waals surface area contributed by atoms with Crippen LogP contribution in [0, 0.1) is 5.92 Å². The van der Waals surface area contributed by atoms with Crippen molar-refractivity contribution in [2.45, 2.75) is 26.7 Å². The Bertz CT molecular complexity index is 152. The summed E-state index contributed by atoms with van der Waals surface area (Å²) in [6.45, 7) is 7.56. The van der Waals surface area contributed by atoms with Crippen LogP contribution in [0.1, 0.15) is 26.7 Å². The van der Waals surface area contributed by atoms with Crippen LogP contribution < -0.4 is 0 Å². The summed E-state index contributed by atoms with van der Waals surface area (Å²) in [7, 11) is 0. The molecule has 0 saturated heterocycles. The van der Waals surface area contributed by atoms with Gasteiger partial charge in [0.15, 0.2) is 6.29 Å². The van der Waals surface area contributed by atoms with Gasteiger partial charge < -0.3 is 0 Å². The molecule has 0 aromatic carbocycles. The molecule has 0 rings (SSSR count). The molecule has 0 heterocycles. The highest BCUT2D eigenvalue weighted by Crippen LogP contribution is 2.12. The van der Waals surface area contributed by atoms with E-state index in [0.717, 1.165) is 19.1 Å². The molecule has 10 heavy (non-hydrogen) atoms. The average molecular weight is 138 g/mol. The predicted molar refractivity (Wildman–Crippen MR) is 42.8 cm³/mol. The summed E-state index contributed by atoms with van der Waals surface area (Å²) >= 11 is 0. The Hall–Kier alpha value is -0.810. The second kappa shape index (κ2) is 5.01. The van der Waals surface area contributed by atoms with Gasteiger partial charge in [-0.1, -0.05) is 26.8 Å². The third-order valence-corrected chi connectivity index (χ3v) is 1.58. The summed E-state index contributed by atoms with van der Waals surface area (Å²) in [6.07, 6.45) is 2.98. The quantitative estimate of drug-likeness (QED) is 0.331. The van der Waals surface area contributed by atoms with Crippen molar-refractivity contribution in [2.75, 3.05) is 0 Å². The maximum atomic E-state index is 10.3. The van der Waals surface area contributed by atoms with Gasteiger partial charge in [-0.3, -0.25) is 4.79 Å². The van der Waals surface area contributed by atoms with Gasteiger partial charge in [-0.05, 0) is 12.3 Å². The molecular formula is C9H14O. The summed E-state index contributed by atoms with van der Waals surface area (Å²) < 4.78 is 0. The van der Waals surface area contributed by atoms with Crippen molar-refractivity contribution in [2.24, 2.45) is 5.92 Å². The van der Waals surface area contributed by atoms with Crippen LogP contribution in [0.4, 0.5) is 0 Å². The number of hydrogen-bond donors (Lipinski definition) is 0.